The van der Waals surface area contributed by atoms with Gasteiger partial charge in [-0.25, -0.2) is 4.98 Å². The Morgan fingerprint density at radius 3 is 2.88 bits per heavy atom. The number of aromatic nitrogens is 1. The first-order valence-corrected chi connectivity index (χ1v) is 5.18. The predicted octanol–water partition coefficient (Wildman–Crippen LogP) is -7.18. The molecule has 3 rings (SSSR count). The third kappa shape index (κ3) is 2.18. The van der Waals surface area contributed by atoms with E-state index in [1.165, 1.54) is 25.1 Å². The first kappa shape index (κ1) is 15.7. The van der Waals surface area contributed by atoms with Crippen molar-refractivity contribution >= 4 is 0 Å². The molecule has 16 heavy (non-hydrogen) atoms. The van der Waals surface area contributed by atoms with E-state index in [2.05, 4.69) is 30.4 Å². The molecule has 0 spiro atoms. The van der Waals surface area contributed by atoms with Crippen molar-refractivity contribution in [3.05, 3.63) is 29.6 Å². The lowest BCUT2D eigenvalue weighted by molar-refractivity contribution is -0.900. The number of hydrogen-bond donors (Lipinski definition) is 1. The lowest BCUT2D eigenvalue weighted by Crippen LogP contribution is -3.07. The lowest BCUT2D eigenvalue weighted by atomic mass is 10.0. The Hall–Kier alpha value is -0.350. The third-order valence-electron chi connectivity index (χ3n) is 3.69. The van der Waals surface area contributed by atoms with Gasteiger partial charge in [0.2, 0.25) is 0 Å². The maximum atomic E-state index is 3.38. The zero-order chi connectivity index (χ0) is 8.84. The fourth-order valence-corrected chi connectivity index (χ4v) is 3.09. The van der Waals surface area contributed by atoms with E-state index in [9.17, 15) is 0 Å². The van der Waals surface area contributed by atoms with Crippen LogP contribution in [0.5, 0.6) is 0 Å². The van der Waals surface area contributed by atoms with Crippen molar-refractivity contribution in [3.8, 4) is 0 Å². The van der Waals surface area contributed by atoms with Crippen molar-refractivity contribution in [1.82, 2.24) is 0 Å². The van der Waals surface area contributed by atoms with E-state index in [1.54, 1.807) is 10.5 Å². The zero-order valence-electron chi connectivity index (χ0n) is 9.26. The van der Waals surface area contributed by atoms with Gasteiger partial charge in [0, 0.05) is 24.8 Å². The van der Waals surface area contributed by atoms with E-state index in [1.807, 2.05) is 0 Å². The van der Waals surface area contributed by atoms with Gasteiger partial charge in [-0.1, -0.05) is 0 Å². The number of likely N-dealkylation sites (tertiary alicyclic amines) is 1. The second kappa shape index (κ2) is 5.82. The molecule has 4 N–H and O–H groups in total. The molecule has 3 atom stereocenters. The monoisotopic (exact) mass is 264 g/mol. The molecule has 0 bridgehead atoms. The van der Waals surface area contributed by atoms with E-state index in [-0.39, 0.29) is 30.3 Å². The molecule has 0 saturated carbocycles. The van der Waals surface area contributed by atoms with Crippen LogP contribution in [0.25, 0.3) is 0 Å². The van der Waals surface area contributed by atoms with Crippen LogP contribution in [-0.2, 0) is 6.42 Å². The van der Waals surface area contributed by atoms with Crippen LogP contribution in [0.2, 0.25) is 0 Å². The Morgan fingerprint density at radius 2 is 2.12 bits per heavy atom. The Bertz CT molecular complexity index is 349. The molecule has 1 aliphatic heterocycles. The summed E-state index contributed by atoms with van der Waals surface area (Å²) in [5.41, 5.74) is 3.05. The van der Waals surface area contributed by atoms with E-state index in [0.717, 1.165) is 12.0 Å². The summed E-state index contributed by atoms with van der Waals surface area (Å²) < 4.78 is 0. The van der Waals surface area contributed by atoms with Crippen LogP contribution in [0.4, 0.5) is 0 Å². The topological polar surface area (TPSA) is 50.1 Å². The average Bonchev–Trinajstić information content (AvgIpc) is 2.66. The van der Waals surface area contributed by atoms with Gasteiger partial charge in [0.05, 0.1) is 19.2 Å². The highest BCUT2D eigenvalue weighted by Gasteiger charge is 2.45. The van der Waals surface area contributed by atoms with Crippen LogP contribution < -0.4 is 34.7 Å². The number of rotatable bonds is 0. The van der Waals surface area contributed by atoms with E-state index >= 15 is 0 Å². The van der Waals surface area contributed by atoms with Gasteiger partial charge in [-0.15, -0.1) is 0 Å². The molecule has 1 saturated heterocycles. The van der Waals surface area contributed by atoms with E-state index in [4.69, 9.17) is 0 Å². The normalized spacial score (nSPS) is 29.2. The van der Waals surface area contributed by atoms with Crippen LogP contribution >= 0.6 is 0 Å². The van der Waals surface area contributed by atoms with Gasteiger partial charge in [-0.05, 0) is 6.07 Å². The summed E-state index contributed by atoms with van der Waals surface area (Å²) >= 11 is 0. The number of hydrogen-bond acceptors (Lipinski definition) is 0. The number of H-pyrrole nitrogens is 1. The largest absolute Gasteiger partial charge is 1.00 e. The number of fused-ring (bicyclic) bond motifs is 3. The van der Waals surface area contributed by atoms with Crippen molar-refractivity contribution < 1.29 is 40.2 Å². The summed E-state index contributed by atoms with van der Waals surface area (Å²) in [4.78, 5) is 5.08. The van der Waals surface area contributed by atoms with Crippen LogP contribution in [0.1, 0.15) is 23.7 Å². The van der Waals surface area contributed by atoms with Gasteiger partial charge in [0.25, 0.3) is 0 Å². The zero-order valence-corrected chi connectivity index (χ0v) is 10.8. The minimum absolute atomic E-state index is 0. The number of quaternary nitrogens is 1. The lowest BCUT2D eigenvalue weighted by Gasteiger charge is -2.14. The van der Waals surface area contributed by atoms with Crippen molar-refractivity contribution in [3.63, 3.8) is 0 Å². The molecule has 3 nitrogen and oxygen atoms in total. The quantitative estimate of drug-likeness (QED) is 0.485. The highest BCUT2D eigenvalue weighted by molar-refractivity contribution is 5.25. The van der Waals surface area contributed by atoms with Gasteiger partial charge in [0.15, 0.2) is 11.9 Å². The number of nitrogens with one attached hydrogen (secondary N) is 2. The van der Waals surface area contributed by atoms with E-state index < -0.39 is 0 Å². The fraction of sp³-hybridized carbons (Fsp3) is 0.545. The Labute approximate surface area is 108 Å². The summed E-state index contributed by atoms with van der Waals surface area (Å²) in [5.74, 6) is 0.911. The molecule has 0 amide bonds. The fourth-order valence-electron chi connectivity index (χ4n) is 3.09. The molecule has 2 aliphatic rings. The summed E-state index contributed by atoms with van der Waals surface area (Å²) in [7, 11) is 2.33. The minimum atomic E-state index is 0. The number of pyridine rings is 1. The predicted molar refractivity (Wildman–Crippen MR) is 52.9 cm³/mol. The Kier molecular flexibility index (Phi) is 5.70. The molecule has 0 aromatic carbocycles. The summed E-state index contributed by atoms with van der Waals surface area (Å²) in [6.45, 7) is 1.35. The van der Waals surface area contributed by atoms with E-state index in [0.29, 0.717) is 0 Å². The van der Waals surface area contributed by atoms with Gasteiger partial charge in [-0.3, -0.25) is 0 Å². The molecule has 1 aromatic rings. The molecular weight excluding hydrogens is 247 g/mol. The SMILES string of the molecule is C[NH+]1CC[C@@H]2Cc3[nH+]cccc3[C@@H]21.O.[Cl-].[Cl-]. The molecule has 1 unspecified atom stereocenters. The molecule has 5 heteroatoms. The third-order valence-corrected chi connectivity index (χ3v) is 3.69. The Morgan fingerprint density at radius 1 is 1.38 bits per heavy atom. The van der Waals surface area contributed by atoms with Crippen molar-refractivity contribution in [2.45, 2.75) is 18.9 Å². The van der Waals surface area contributed by atoms with Crippen LogP contribution in [-0.4, -0.2) is 19.1 Å². The van der Waals surface area contributed by atoms with Gasteiger partial charge < -0.3 is 35.2 Å². The van der Waals surface area contributed by atoms with Gasteiger partial charge in [0.1, 0.15) is 6.04 Å². The highest BCUT2D eigenvalue weighted by atomic mass is 35.5. The number of halogens is 2. The first-order valence-electron chi connectivity index (χ1n) is 5.18. The van der Waals surface area contributed by atoms with Crippen LogP contribution in [0, 0.1) is 5.92 Å². The van der Waals surface area contributed by atoms with Crippen LogP contribution in [0.15, 0.2) is 18.3 Å². The van der Waals surface area contributed by atoms with Gasteiger partial charge in [-0.2, -0.15) is 0 Å². The van der Waals surface area contributed by atoms with Crippen molar-refractivity contribution in [1.29, 1.82) is 0 Å². The summed E-state index contributed by atoms with van der Waals surface area (Å²) in [5, 5.41) is 0. The molecule has 1 aromatic heterocycles. The number of aromatic amines is 1. The molecule has 2 heterocycles. The first-order chi connectivity index (χ1) is 6.36. The average molecular weight is 265 g/mol. The molecular formula is C11H18Cl2N2O. The van der Waals surface area contributed by atoms with Gasteiger partial charge >= 0.3 is 0 Å². The molecule has 0 radical (unpaired) electrons. The van der Waals surface area contributed by atoms with Crippen molar-refractivity contribution in [2.75, 3.05) is 13.6 Å². The standard InChI is InChI=1S/C11H14N2.2ClH.H2O/c1-13-6-4-8-7-10-9(11(8)13)3-2-5-12-10;;;/h2-3,5,8,11H,4,6-7H2,1H3;2*1H;1H2/t8-,11-;;;/m1.../s1. The maximum absolute atomic E-state index is 3.38. The highest BCUT2D eigenvalue weighted by Crippen LogP contribution is 2.35. The maximum Gasteiger partial charge on any atom is 0.189 e. The smallest absolute Gasteiger partial charge is 0.189 e. The summed E-state index contributed by atoms with van der Waals surface area (Å²) in [6.07, 6.45) is 4.73. The minimum Gasteiger partial charge on any atom is -1.00 e. The van der Waals surface area contributed by atoms with Crippen molar-refractivity contribution in [2.24, 2.45) is 5.92 Å². The second-order valence-corrected chi connectivity index (χ2v) is 4.43. The second-order valence-electron chi connectivity index (χ2n) is 4.43. The van der Waals surface area contributed by atoms with Crippen LogP contribution in [0.3, 0.4) is 0 Å². The Balaban J connectivity index is 0.000000750. The molecule has 1 fully saturated rings. The molecule has 92 valence electrons. The summed E-state index contributed by atoms with van der Waals surface area (Å²) in [6, 6.07) is 5.21. The molecule has 1 aliphatic carbocycles.